The van der Waals surface area contributed by atoms with E-state index in [1.165, 1.54) is 5.56 Å². The minimum atomic E-state index is 0.0900. The quantitative estimate of drug-likeness (QED) is 0.817. The van der Waals surface area contributed by atoms with Crippen LogP contribution < -0.4 is 10.6 Å². The number of anilines is 1. The van der Waals surface area contributed by atoms with Gasteiger partial charge in [-0.15, -0.1) is 0 Å². The van der Waals surface area contributed by atoms with Crippen LogP contribution in [0.3, 0.4) is 0 Å². The number of benzene rings is 1. The van der Waals surface area contributed by atoms with Crippen LogP contribution in [0.1, 0.15) is 18.4 Å². The number of carbonyl (C=O) groups is 1. The summed E-state index contributed by atoms with van der Waals surface area (Å²) in [5.41, 5.74) is 2.30. The number of nitrogens with one attached hydrogen (secondary N) is 2. The topological polar surface area (TPSA) is 41.1 Å². The van der Waals surface area contributed by atoms with Gasteiger partial charge in [0, 0.05) is 30.2 Å². The Balaban J connectivity index is 2.34. The lowest BCUT2D eigenvalue weighted by molar-refractivity contribution is -0.120. The Hall–Kier alpha value is -1.03. The Kier molecular flexibility index (Phi) is 5.32. The molecule has 0 saturated heterocycles. The van der Waals surface area contributed by atoms with Crippen LogP contribution >= 0.6 is 15.9 Å². The van der Waals surface area contributed by atoms with Crippen molar-refractivity contribution in [1.82, 2.24) is 5.32 Å². The summed E-state index contributed by atoms with van der Waals surface area (Å²) in [6, 6.07) is 6.19. The first-order valence-electron chi connectivity index (χ1n) is 5.33. The molecule has 1 rings (SSSR count). The summed E-state index contributed by atoms with van der Waals surface area (Å²) in [6.45, 7) is 2.86. The van der Waals surface area contributed by atoms with Crippen molar-refractivity contribution in [2.75, 3.05) is 18.9 Å². The van der Waals surface area contributed by atoms with E-state index in [1.54, 1.807) is 7.05 Å². The molecule has 16 heavy (non-hydrogen) atoms. The van der Waals surface area contributed by atoms with Crippen molar-refractivity contribution in [3.05, 3.63) is 28.2 Å². The lowest BCUT2D eigenvalue weighted by Gasteiger charge is -2.07. The lowest BCUT2D eigenvalue weighted by atomic mass is 10.2. The van der Waals surface area contributed by atoms with Crippen LogP contribution in [0.2, 0.25) is 0 Å². The maximum absolute atomic E-state index is 11.0. The first-order chi connectivity index (χ1) is 7.61. The molecule has 0 radical (unpaired) electrons. The zero-order valence-electron chi connectivity index (χ0n) is 9.64. The van der Waals surface area contributed by atoms with Gasteiger partial charge in [0.05, 0.1) is 0 Å². The zero-order valence-corrected chi connectivity index (χ0v) is 11.2. The van der Waals surface area contributed by atoms with Gasteiger partial charge in [-0.1, -0.05) is 15.9 Å². The molecule has 88 valence electrons. The van der Waals surface area contributed by atoms with Gasteiger partial charge in [-0.25, -0.2) is 0 Å². The van der Waals surface area contributed by atoms with E-state index in [2.05, 4.69) is 45.6 Å². The Morgan fingerprint density at radius 3 is 2.75 bits per heavy atom. The maximum Gasteiger partial charge on any atom is 0.219 e. The fourth-order valence-corrected chi connectivity index (χ4v) is 2.05. The Morgan fingerprint density at radius 1 is 1.38 bits per heavy atom. The number of hydrogen-bond acceptors (Lipinski definition) is 2. The number of rotatable bonds is 5. The number of halogens is 1. The van der Waals surface area contributed by atoms with E-state index < -0.39 is 0 Å². The van der Waals surface area contributed by atoms with Crippen LogP contribution in [0, 0.1) is 6.92 Å². The minimum Gasteiger partial charge on any atom is -0.385 e. The molecule has 1 aromatic carbocycles. The molecule has 0 fully saturated rings. The molecule has 0 aromatic heterocycles. The van der Waals surface area contributed by atoms with E-state index in [-0.39, 0.29) is 5.91 Å². The van der Waals surface area contributed by atoms with Crippen molar-refractivity contribution in [2.45, 2.75) is 19.8 Å². The largest absolute Gasteiger partial charge is 0.385 e. The van der Waals surface area contributed by atoms with Crippen molar-refractivity contribution in [1.29, 1.82) is 0 Å². The molecule has 1 amide bonds. The van der Waals surface area contributed by atoms with Gasteiger partial charge in [0.25, 0.3) is 0 Å². The maximum atomic E-state index is 11.0. The van der Waals surface area contributed by atoms with Crippen molar-refractivity contribution in [2.24, 2.45) is 0 Å². The van der Waals surface area contributed by atoms with Gasteiger partial charge in [-0.05, 0) is 37.1 Å². The van der Waals surface area contributed by atoms with Gasteiger partial charge in [0.15, 0.2) is 0 Å². The summed E-state index contributed by atoms with van der Waals surface area (Å²) < 4.78 is 1.07. The van der Waals surface area contributed by atoms with Gasteiger partial charge in [-0.2, -0.15) is 0 Å². The van der Waals surface area contributed by atoms with Crippen molar-refractivity contribution in [3.8, 4) is 0 Å². The summed E-state index contributed by atoms with van der Waals surface area (Å²) in [7, 11) is 1.66. The molecular formula is C12H17BrN2O. The van der Waals surface area contributed by atoms with Crippen molar-refractivity contribution in [3.63, 3.8) is 0 Å². The summed E-state index contributed by atoms with van der Waals surface area (Å²) >= 11 is 3.45. The van der Waals surface area contributed by atoms with Crippen molar-refractivity contribution >= 4 is 27.5 Å². The zero-order chi connectivity index (χ0) is 12.0. The predicted molar refractivity (Wildman–Crippen MR) is 70.7 cm³/mol. The number of amides is 1. The van der Waals surface area contributed by atoms with E-state index in [4.69, 9.17) is 0 Å². The molecule has 2 N–H and O–H groups in total. The molecule has 3 nitrogen and oxygen atoms in total. The Morgan fingerprint density at radius 2 is 2.12 bits per heavy atom. The summed E-state index contributed by atoms with van der Waals surface area (Å²) in [5.74, 6) is 0.0900. The van der Waals surface area contributed by atoms with Gasteiger partial charge in [-0.3, -0.25) is 4.79 Å². The lowest BCUT2D eigenvalue weighted by Crippen LogP contribution is -2.18. The molecule has 0 aliphatic heterocycles. The average molecular weight is 285 g/mol. The number of hydrogen-bond donors (Lipinski definition) is 2. The second kappa shape index (κ2) is 6.53. The van der Waals surface area contributed by atoms with E-state index in [0.29, 0.717) is 6.42 Å². The van der Waals surface area contributed by atoms with Crippen LogP contribution in [0.25, 0.3) is 0 Å². The molecule has 4 heteroatoms. The van der Waals surface area contributed by atoms with Crippen LogP contribution in [0.15, 0.2) is 22.7 Å². The monoisotopic (exact) mass is 284 g/mol. The minimum absolute atomic E-state index is 0.0900. The highest BCUT2D eigenvalue weighted by Crippen LogP contribution is 2.18. The third kappa shape index (κ3) is 4.66. The first-order valence-corrected chi connectivity index (χ1v) is 6.13. The molecule has 0 saturated carbocycles. The van der Waals surface area contributed by atoms with E-state index in [9.17, 15) is 4.79 Å². The highest BCUT2D eigenvalue weighted by molar-refractivity contribution is 9.10. The normalized spacial score (nSPS) is 9.94. The van der Waals surface area contributed by atoms with E-state index in [0.717, 1.165) is 23.1 Å². The SMILES string of the molecule is CNC(=O)CCCNc1cc(C)cc(Br)c1. The van der Waals surface area contributed by atoms with E-state index >= 15 is 0 Å². The Labute approximate surface area is 105 Å². The molecule has 0 aliphatic carbocycles. The van der Waals surface area contributed by atoms with Crippen molar-refractivity contribution < 1.29 is 4.79 Å². The molecule has 0 bridgehead atoms. The molecule has 0 aliphatic rings. The standard InChI is InChI=1S/C12H17BrN2O/c1-9-6-10(13)8-11(7-9)15-5-3-4-12(16)14-2/h6-8,15H,3-5H2,1-2H3,(H,14,16). The Bertz CT molecular complexity index is 346. The second-order valence-electron chi connectivity index (χ2n) is 3.72. The van der Waals surface area contributed by atoms with Crippen LogP contribution in [-0.4, -0.2) is 19.5 Å². The molecule has 0 atom stereocenters. The van der Waals surface area contributed by atoms with Crippen LogP contribution in [0.4, 0.5) is 5.69 Å². The summed E-state index contributed by atoms with van der Waals surface area (Å²) in [5, 5.41) is 5.90. The van der Waals surface area contributed by atoms with E-state index in [1.807, 2.05) is 6.07 Å². The fourth-order valence-electron chi connectivity index (χ4n) is 1.45. The molecule has 0 unspecified atom stereocenters. The predicted octanol–water partition coefficient (Wildman–Crippen LogP) is 2.70. The number of carbonyl (C=O) groups excluding carboxylic acids is 1. The summed E-state index contributed by atoms with van der Waals surface area (Å²) in [4.78, 5) is 11.0. The highest BCUT2D eigenvalue weighted by Gasteiger charge is 1.98. The number of aryl methyl sites for hydroxylation is 1. The highest BCUT2D eigenvalue weighted by atomic mass is 79.9. The second-order valence-corrected chi connectivity index (χ2v) is 4.64. The molecular weight excluding hydrogens is 268 g/mol. The van der Waals surface area contributed by atoms with Gasteiger partial charge < -0.3 is 10.6 Å². The molecule has 1 aromatic rings. The summed E-state index contributed by atoms with van der Waals surface area (Å²) in [6.07, 6.45) is 1.40. The van der Waals surface area contributed by atoms with Gasteiger partial charge in [0.2, 0.25) is 5.91 Å². The average Bonchev–Trinajstić information content (AvgIpc) is 2.22. The first kappa shape index (κ1) is 13.0. The van der Waals surface area contributed by atoms with Gasteiger partial charge in [0.1, 0.15) is 0 Å². The third-order valence-corrected chi connectivity index (χ3v) is 2.69. The smallest absolute Gasteiger partial charge is 0.219 e. The third-order valence-electron chi connectivity index (χ3n) is 2.23. The molecule has 0 spiro atoms. The fraction of sp³-hybridized carbons (Fsp3) is 0.417. The van der Waals surface area contributed by atoms with Crippen LogP contribution in [0.5, 0.6) is 0 Å². The van der Waals surface area contributed by atoms with Crippen LogP contribution in [-0.2, 0) is 4.79 Å². The molecule has 0 heterocycles. The van der Waals surface area contributed by atoms with Gasteiger partial charge >= 0.3 is 0 Å².